The molecule has 10 rings (SSSR count). The summed E-state index contributed by atoms with van der Waals surface area (Å²) in [6.45, 7) is 0. The van der Waals surface area contributed by atoms with Crippen LogP contribution in [-0.2, 0) is 0 Å². The van der Waals surface area contributed by atoms with E-state index in [1.54, 1.807) is 0 Å². The maximum absolute atomic E-state index is 6.40. The van der Waals surface area contributed by atoms with Crippen LogP contribution in [0.15, 0.2) is 174 Å². The Labute approximate surface area is 289 Å². The van der Waals surface area contributed by atoms with Crippen molar-refractivity contribution in [2.24, 2.45) is 0 Å². The molecule has 234 valence electrons. The van der Waals surface area contributed by atoms with Crippen molar-refractivity contribution in [1.29, 1.82) is 0 Å². The molecule has 0 aliphatic heterocycles. The minimum Gasteiger partial charge on any atom is -0.456 e. The smallest absolute Gasteiger partial charge is 0.164 e. The summed E-state index contributed by atoms with van der Waals surface area (Å²) >= 11 is 0. The predicted octanol–water partition coefficient (Wildman–Crippen LogP) is 11.6. The van der Waals surface area contributed by atoms with E-state index in [1.807, 2.05) is 72.8 Å². The second kappa shape index (κ2) is 11.5. The first-order valence-corrected chi connectivity index (χ1v) is 16.9. The zero-order valence-electron chi connectivity index (χ0n) is 27.0. The summed E-state index contributed by atoms with van der Waals surface area (Å²) in [7, 11) is 0. The van der Waals surface area contributed by atoms with Crippen LogP contribution in [0.25, 0.3) is 78.4 Å². The van der Waals surface area contributed by atoms with Gasteiger partial charge in [-0.3, -0.25) is 0 Å². The molecule has 4 heteroatoms. The molecule has 0 saturated carbocycles. The lowest BCUT2D eigenvalue weighted by molar-refractivity contribution is 0.669. The molecule has 0 spiro atoms. The van der Waals surface area contributed by atoms with Crippen LogP contribution in [0.3, 0.4) is 0 Å². The van der Waals surface area contributed by atoms with E-state index in [-0.39, 0.29) is 5.92 Å². The van der Waals surface area contributed by atoms with Gasteiger partial charge >= 0.3 is 0 Å². The Kier molecular flexibility index (Phi) is 6.53. The van der Waals surface area contributed by atoms with Gasteiger partial charge in [-0.05, 0) is 69.3 Å². The number of rotatable bonds is 5. The molecule has 1 atom stereocenters. The van der Waals surface area contributed by atoms with Crippen LogP contribution in [0.2, 0.25) is 0 Å². The lowest BCUT2D eigenvalue weighted by Crippen LogP contribution is -2.02. The van der Waals surface area contributed by atoms with Crippen molar-refractivity contribution in [3.63, 3.8) is 0 Å². The molecule has 1 aliphatic rings. The number of benzene rings is 7. The van der Waals surface area contributed by atoms with E-state index in [2.05, 4.69) is 97.1 Å². The van der Waals surface area contributed by atoms with Crippen molar-refractivity contribution in [1.82, 2.24) is 15.0 Å². The summed E-state index contributed by atoms with van der Waals surface area (Å²) in [6, 6.07) is 59.3. The SMILES string of the molecule is c1ccc(-c2ccc3c(c2)-c2cc4oc5ccccc5c4cc2C3c2cccc(-c3nc(-c4ccccc4)nc(-c4ccccc4)n3)c2)cc1. The Morgan fingerprint density at radius 3 is 1.64 bits per heavy atom. The van der Waals surface area contributed by atoms with Crippen molar-refractivity contribution in [3.05, 3.63) is 187 Å². The summed E-state index contributed by atoms with van der Waals surface area (Å²) in [4.78, 5) is 15.0. The molecule has 7 aromatic carbocycles. The van der Waals surface area contributed by atoms with Crippen LogP contribution >= 0.6 is 0 Å². The van der Waals surface area contributed by atoms with E-state index < -0.39 is 0 Å². The normalized spacial score (nSPS) is 13.4. The molecule has 0 bridgehead atoms. The highest BCUT2D eigenvalue weighted by Gasteiger charge is 2.32. The Bertz CT molecular complexity index is 2640. The molecule has 0 N–H and O–H groups in total. The van der Waals surface area contributed by atoms with Gasteiger partial charge in [0.25, 0.3) is 0 Å². The Morgan fingerprint density at radius 2 is 0.940 bits per heavy atom. The molecule has 1 unspecified atom stereocenters. The summed E-state index contributed by atoms with van der Waals surface area (Å²) in [5.74, 6) is 1.97. The third-order valence-corrected chi connectivity index (χ3v) is 9.80. The summed E-state index contributed by atoms with van der Waals surface area (Å²) < 4.78 is 6.40. The van der Waals surface area contributed by atoms with Crippen LogP contribution < -0.4 is 0 Å². The van der Waals surface area contributed by atoms with E-state index in [9.17, 15) is 0 Å². The van der Waals surface area contributed by atoms with Crippen LogP contribution in [0, 0.1) is 0 Å². The zero-order valence-corrected chi connectivity index (χ0v) is 27.0. The topological polar surface area (TPSA) is 51.8 Å². The fraction of sp³-hybridized carbons (Fsp3) is 0.0217. The Hall–Kier alpha value is -6.65. The first kappa shape index (κ1) is 28.4. The molecule has 4 nitrogen and oxygen atoms in total. The van der Waals surface area contributed by atoms with Gasteiger partial charge in [0.1, 0.15) is 11.2 Å². The molecule has 0 amide bonds. The van der Waals surface area contributed by atoms with Crippen molar-refractivity contribution in [2.45, 2.75) is 5.92 Å². The second-order valence-electron chi connectivity index (χ2n) is 12.8. The number of para-hydroxylation sites is 1. The van der Waals surface area contributed by atoms with Crippen molar-refractivity contribution < 1.29 is 4.42 Å². The number of furan rings is 1. The fourth-order valence-electron chi connectivity index (χ4n) is 7.43. The van der Waals surface area contributed by atoms with Gasteiger partial charge in [-0.1, -0.05) is 140 Å². The van der Waals surface area contributed by atoms with E-state index >= 15 is 0 Å². The molecular formula is C46H29N3O. The predicted molar refractivity (Wildman–Crippen MR) is 202 cm³/mol. The highest BCUT2D eigenvalue weighted by molar-refractivity contribution is 6.07. The minimum absolute atomic E-state index is 0.0202. The third-order valence-electron chi connectivity index (χ3n) is 9.80. The Morgan fingerprint density at radius 1 is 0.360 bits per heavy atom. The van der Waals surface area contributed by atoms with Crippen LogP contribution in [0.1, 0.15) is 22.6 Å². The lowest BCUT2D eigenvalue weighted by atomic mass is 9.87. The first-order chi connectivity index (χ1) is 24.8. The number of fused-ring (bicyclic) bond motifs is 6. The van der Waals surface area contributed by atoms with Crippen molar-refractivity contribution >= 4 is 21.9 Å². The number of hydrogen-bond acceptors (Lipinski definition) is 4. The highest BCUT2D eigenvalue weighted by Crippen LogP contribution is 2.51. The molecule has 9 aromatic rings. The van der Waals surface area contributed by atoms with Crippen molar-refractivity contribution in [2.75, 3.05) is 0 Å². The Balaban J connectivity index is 1.16. The average molecular weight is 640 g/mol. The van der Waals surface area contributed by atoms with Gasteiger partial charge in [-0.2, -0.15) is 0 Å². The van der Waals surface area contributed by atoms with E-state index in [0.717, 1.165) is 38.6 Å². The van der Waals surface area contributed by atoms with E-state index in [0.29, 0.717) is 17.5 Å². The molecule has 0 radical (unpaired) electrons. The van der Waals surface area contributed by atoms with Gasteiger partial charge in [-0.25, -0.2) is 15.0 Å². The monoisotopic (exact) mass is 639 g/mol. The molecule has 2 aromatic heterocycles. The summed E-state index contributed by atoms with van der Waals surface area (Å²) in [5.41, 5.74) is 13.2. The molecule has 0 fully saturated rings. The fourth-order valence-corrected chi connectivity index (χ4v) is 7.43. The van der Waals surface area contributed by atoms with Gasteiger partial charge in [0, 0.05) is 33.4 Å². The summed E-state index contributed by atoms with van der Waals surface area (Å²) in [5, 5.41) is 2.26. The largest absolute Gasteiger partial charge is 0.456 e. The van der Waals surface area contributed by atoms with Crippen molar-refractivity contribution in [3.8, 4) is 56.4 Å². The summed E-state index contributed by atoms with van der Waals surface area (Å²) in [6.07, 6.45) is 0. The van der Waals surface area contributed by atoms with Gasteiger partial charge in [0.15, 0.2) is 17.5 Å². The van der Waals surface area contributed by atoms with Crippen LogP contribution in [0.4, 0.5) is 0 Å². The van der Waals surface area contributed by atoms with Gasteiger partial charge in [0.05, 0.1) is 0 Å². The number of aromatic nitrogens is 3. The van der Waals surface area contributed by atoms with E-state index in [1.165, 1.54) is 38.9 Å². The number of nitrogens with zero attached hydrogens (tertiary/aromatic N) is 3. The van der Waals surface area contributed by atoms with Gasteiger partial charge in [-0.15, -0.1) is 0 Å². The minimum atomic E-state index is 0.0202. The molecule has 0 saturated heterocycles. The quantitative estimate of drug-likeness (QED) is 0.188. The highest BCUT2D eigenvalue weighted by atomic mass is 16.3. The maximum atomic E-state index is 6.40. The molecule has 50 heavy (non-hydrogen) atoms. The van der Waals surface area contributed by atoms with Crippen LogP contribution in [0.5, 0.6) is 0 Å². The molecular weight excluding hydrogens is 611 g/mol. The van der Waals surface area contributed by atoms with E-state index in [4.69, 9.17) is 19.4 Å². The second-order valence-corrected chi connectivity index (χ2v) is 12.8. The number of hydrogen-bond donors (Lipinski definition) is 0. The third kappa shape index (κ3) is 4.73. The molecule has 1 aliphatic carbocycles. The van der Waals surface area contributed by atoms with Gasteiger partial charge in [0.2, 0.25) is 0 Å². The lowest BCUT2D eigenvalue weighted by Gasteiger charge is -2.16. The van der Waals surface area contributed by atoms with Crippen LogP contribution in [-0.4, -0.2) is 15.0 Å². The zero-order chi connectivity index (χ0) is 33.0. The maximum Gasteiger partial charge on any atom is 0.164 e. The average Bonchev–Trinajstić information content (AvgIpc) is 3.72. The molecule has 2 heterocycles. The first-order valence-electron chi connectivity index (χ1n) is 16.9. The standard InChI is InChI=1S/C46H29N3O/c1-4-13-29(14-5-1)32-23-24-36-37(26-32)38-28-42-39(35-21-10-11-22-41(35)50-42)27-40(38)43(36)33-19-12-20-34(25-33)46-48-44(30-15-6-2-7-16-30)47-45(49-46)31-17-8-3-9-18-31/h1-28,43H. The van der Waals surface area contributed by atoms with Gasteiger partial charge < -0.3 is 4.42 Å².